The third-order valence-corrected chi connectivity index (χ3v) is 5.70. The fraction of sp³-hybridized carbons (Fsp3) is 0.833. The van der Waals surface area contributed by atoms with Crippen LogP contribution in [0.1, 0.15) is 49.4 Å². The zero-order valence-electron chi connectivity index (χ0n) is 11.2. The molecule has 7 nitrogen and oxygen atoms in total. The van der Waals surface area contributed by atoms with Gasteiger partial charge in [0.1, 0.15) is 0 Å². The van der Waals surface area contributed by atoms with Crippen molar-refractivity contribution >= 4 is 9.84 Å². The lowest BCUT2D eigenvalue weighted by atomic mass is 9.96. The Kier molecular flexibility index (Phi) is 3.78. The molecule has 0 bridgehead atoms. The van der Waals surface area contributed by atoms with Crippen molar-refractivity contribution in [2.75, 3.05) is 18.1 Å². The Morgan fingerprint density at radius 2 is 2.20 bits per heavy atom. The average molecular weight is 301 g/mol. The van der Waals surface area contributed by atoms with Gasteiger partial charge in [-0.2, -0.15) is 4.98 Å². The number of ether oxygens (including phenoxy) is 1. The average Bonchev–Trinajstić information content (AvgIpc) is 2.93. The molecule has 1 aromatic rings. The molecule has 0 radical (unpaired) electrons. The molecule has 20 heavy (non-hydrogen) atoms. The van der Waals surface area contributed by atoms with Gasteiger partial charge in [-0.05, 0) is 25.7 Å². The Morgan fingerprint density at radius 3 is 2.80 bits per heavy atom. The second kappa shape index (κ2) is 5.42. The van der Waals surface area contributed by atoms with Crippen molar-refractivity contribution in [3.63, 3.8) is 0 Å². The number of hydrogen-bond donors (Lipinski definition) is 1. The van der Waals surface area contributed by atoms with E-state index in [4.69, 9.17) is 15.0 Å². The summed E-state index contributed by atoms with van der Waals surface area (Å²) in [6.07, 6.45) is 4.24. The first-order chi connectivity index (χ1) is 9.53. The van der Waals surface area contributed by atoms with Gasteiger partial charge in [-0.25, -0.2) is 8.42 Å². The summed E-state index contributed by atoms with van der Waals surface area (Å²) in [4.78, 5) is 4.23. The van der Waals surface area contributed by atoms with E-state index < -0.39 is 15.9 Å². The molecule has 0 amide bonds. The summed E-state index contributed by atoms with van der Waals surface area (Å²) in [7, 11) is -2.96. The molecule has 0 spiro atoms. The Bertz CT molecular complexity index is 567. The van der Waals surface area contributed by atoms with E-state index in [1.807, 2.05) is 0 Å². The van der Waals surface area contributed by atoms with Crippen molar-refractivity contribution in [3.8, 4) is 0 Å². The van der Waals surface area contributed by atoms with E-state index in [0.29, 0.717) is 30.8 Å². The Morgan fingerprint density at radius 1 is 1.40 bits per heavy atom. The Balaban J connectivity index is 1.58. The first kappa shape index (κ1) is 14.0. The highest BCUT2D eigenvalue weighted by Crippen LogP contribution is 2.28. The van der Waals surface area contributed by atoms with E-state index in [1.165, 1.54) is 6.42 Å². The Hall–Kier alpha value is -0.990. The van der Waals surface area contributed by atoms with Crippen molar-refractivity contribution in [2.45, 2.75) is 43.7 Å². The van der Waals surface area contributed by atoms with Gasteiger partial charge in [0, 0.05) is 0 Å². The highest BCUT2D eigenvalue weighted by Gasteiger charge is 2.33. The number of rotatable bonds is 5. The predicted octanol–water partition coefficient (Wildman–Crippen LogP) is 0.541. The minimum atomic E-state index is -2.96. The molecular formula is C12H19N3O4S. The Labute approximate surface area is 117 Å². The van der Waals surface area contributed by atoms with Gasteiger partial charge in [0.2, 0.25) is 5.89 Å². The SMILES string of the molecule is NC(COC1CCC1)c1noc(C2CCS(=O)(=O)C2)n1. The zero-order chi connectivity index (χ0) is 14.2. The number of hydrogen-bond acceptors (Lipinski definition) is 7. The molecule has 2 atom stereocenters. The fourth-order valence-electron chi connectivity index (χ4n) is 2.41. The van der Waals surface area contributed by atoms with Crippen LogP contribution in [0.5, 0.6) is 0 Å². The second-order valence-electron chi connectivity index (χ2n) is 5.58. The normalized spacial score (nSPS) is 27.4. The standard InChI is InChI=1S/C12H19N3O4S/c13-10(6-18-9-2-1-3-9)11-14-12(19-15-11)8-4-5-20(16,17)7-8/h8-10H,1-7,13H2. The van der Waals surface area contributed by atoms with Crippen LogP contribution >= 0.6 is 0 Å². The van der Waals surface area contributed by atoms with Crippen molar-refractivity contribution < 1.29 is 17.7 Å². The van der Waals surface area contributed by atoms with Crippen LogP contribution in [-0.2, 0) is 14.6 Å². The first-order valence-corrected chi connectivity index (χ1v) is 8.77. The smallest absolute Gasteiger partial charge is 0.230 e. The van der Waals surface area contributed by atoms with Crippen LogP contribution in [0, 0.1) is 0 Å². The third kappa shape index (κ3) is 3.02. The lowest BCUT2D eigenvalue weighted by Crippen LogP contribution is -2.27. The highest BCUT2D eigenvalue weighted by atomic mass is 32.2. The summed E-state index contributed by atoms with van der Waals surface area (Å²) in [6, 6.07) is -0.425. The van der Waals surface area contributed by atoms with E-state index in [0.717, 1.165) is 12.8 Å². The molecule has 1 saturated carbocycles. The van der Waals surface area contributed by atoms with Gasteiger partial charge in [-0.1, -0.05) is 5.16 Å². The summed E-state index contributed by atoms with van der Waals surface area (Å²) >= 11 is 0. The van der Waals surface area contributed by atoms with Crippen molar-refractivity contribution in [3.05, 3.63) is 11.7 Å². The molecule has 8 heteroatoms. The molecule has 1 aliphatic carbocycles. The zero-order valence-corrected chi connectivity index (χ0v) is 12.0. The lowest BCUT2D eigenvalue weighted by Gasteiger charge is -2.26. The predicted molar refractivity (Wildman–Crippen MR) is 70.8 cm³/mol. The first-order valence-electron chi connectivity index (χ1n) is 6.94. The maximum absolute atomic E-state index is 11.4. The monoisotopic (exact) mass is 301 g/mol. The van der Waals surface area contributed by atoms with Gasteiger partial charge in [-0.15, -0.1) is 0 Å². The molecule has 3 rings (SSSR count). The molecule has 1 aliphatic heterocycles. The van der Waals surface area contributed by atoms with Crippen LogP contribution in [0.2, 0.25) is 0 Å². The molecule has 0 aromatic carbocycles. The molecule has 1 saturated heterocycles. The van der Waals surface area contributed by atoms with Crippen molar-refractivity contribution in [2.24, 2.45) is 5.73 Å². The van der Waals surface area contributed by atoms with E-state index in [2.05, 4.69) is 10.1 Å². The maximum atomic E-state index is 11.4. The van der Waals surface area contributed by atoms with Crippen LogP contribution in [0.4, 0.5) is 0 Å². The fourth-order valence-corrected chi connectivity index (χ4v) is 4.14. The molecule has 112 valence electrons. The quantitative estimate of drug-likeness (QED) is 0.845. The molecule has 2 heterocycles. The minimum absolute atomic E-state index is 0.0858. The van der Waals surface area contributed by atoms with E-state index >= 15 is 0 Å². The summed E-state index contributed by atoms with van der Waals surface area (Å²) in [6.45, 7) is 0.368. The van der Waals surface area contributed by atoms with E-state index in [9.17, 15) is 8.42 Å². The molecule has 2 fully saturated rings. The van der Waals surface area contributed by atoms with Crippen LogP contribution in [0.15, 0.2) is 4.52 Å². The highest BCUT2D eigenvalue weighted by molar-refractivity contribution is 7.91. The third-order valence-electron chi connectivity index (χ3n) is 3.93. The van der Waals surface area contributed by atoms with Crippen LogP contribution < -0.4 is 5.73 Å². The summed E-state index contributed by atoms with van der Waals surface area (Å²) in [5.74, 6) is 0.846. The van der Waals surface area contributed by atoms with Crippen LogP contribution in [0.25, 0.3) is 0 Å². The van der Waals surface area contributed by atoms with Gasteiger partial charge in [-0.3, -0.25) is 0 Å². The summed E-state index contributed by atoms with van der Waals surface area (Å²) < 4.78 is 33.6. The number of aromatic nitrogens is 2. The topological polar surface area (TPSA) is 108 Å². The van der Waals surface area contributed by atoms with Gasteiger partial charge >= 0.3 is 0 Å². The molecular weight excluding hydrogens is 282 g/mol. The molecule has 2 unspecified atom stereocenters. The lowest BCUT2D eigenvalue weighted by molar-refractivity contribution is -0.00549. The van der Waals surface area contributed by atoms with Crippen LogP contribution in [0.3, 0.4) is 0 Å². The molecule has 1 aromatic heterocycles. The van der Waals surface area contributed by atoms with E-state index in [1.54, 1.807) is 0 Å². The van der Waals surface area contributed by atoms with Gasteiger partial charge in [0.05, 0.1) is 36.2 Å². The summed E-state index contributed by atoms with van der Waals surface area (Å²) in [5.41, 5.74) is 5.96. The number of nitrogens with two attached hydrogens (primary N) is 1. The van der Waals surface area contributed by atoms with Crippen LogP contribution in [-0.4, -0.2) is 42.8 Å². The molecule has 2 aliphatic rings. The maximum Gasteiger partial charge on any atom is 0.230 e. The van der Waals surface area contributed by atoms with Gasteiger partial charge < -0.3 is 15.0 Å². The molecule has 2 N–H and O–H groups in total. The summed E-state index contributed by atoms with van der Waals surface area (Å²) in [5, 5.41) is 3.84. The minimum Gasteiger partial charge on any atom is -0.376 e. The van der Waals surface area contributed by atoms with Crippen molar-refractivity contribution in [1.29, 1.82) is 0 Å². The van der Waals surface area contributed by atoms with Gasteiger partial charge in [0.25, 0.3) is 0 Å². The van der Waals surface area contributed by atoms with Gasteiger partial charge in [0.15, 0.2) is 15.7 Å². The second-order valence-corrected chi connectivity index (χ2v) is 7.81. The number of nitrogens with zero attached hydrogens (tertiary/aromatic N) is 2. The van der Waals surface area contributed by atoms with Crippen molar-refractivity contribution in [1.82, 2.24) is 10.1 Å². The number of sulfone groups is 1. The largest absolute Gasteiger partial charge is 0.376 e. The van der Waals surface area contributed by atoms with E-state index in [-0.39, 0.29) is 17.4 Å².